The molecule has 0 saturated heterocycles. The van der Waals surface area contributed by atoms with Gasteiger partial charge in [-0.15, -0.1) is 0 Å². The van der Waals surface area contributed by atoms with Crippen LogP contribution >= 0.6 is 0 Å². The molecule has 1 aromatic heterocycles. The Labute approximate surface area is 164 Å². The van der Waals surface area contributed by atoms with Gasteiger partial charge < -0.3 is 9.73 Å². The molecule has 2 N–H and O–H groups in total. The lowest BCUT2D eigenvalue weighted by Crippen LogP contribution is -2.30. The van der Waals surface area contributed by atoms with E-state index in [-0.39, 0.29) is 10.8 Å². The van der Waals surface area contributed by atoms with Crippen LogP contribution < -0.4 is 10.0 Å². The molecule has 0 fully saturated rings. The fraction of sp³-hybridized carbons (Fsp3) is 0.300. The second-order valence-corrected chi connectivity index (χ2v) is 8.23. The monoisotopic (exact) mass is 401 g/mol. The molecule has 1 aromatic carbocycles. The molecule has 1 aliphatic rings. The number of aliphatic imine (C=N–C) groups is 1. The van der Waals surface area contributed by atoms with Crippen molar-refractivity contribution in [3.63, 3.8) is 0 Å². The molecule has 0 atom stereocenters. The zero-order chi connectivity index (χ0) is 20.0. The minimum atomic E-state index is -3.75. The summed E-state index contributed by atoms with van der Waals surface area (Å²) in [5, 5.41) is 2.66. The average molecular weight is 401 g/mol. The van der Waals surface area contributed by atoms with E-state index in [9.17, 15) is 13.2 Å². The van der Waals surface area contributed by atoms with Crippen molar-refractivity contribution in [1.82, 2.24) is 4.72 Å². The van der Waals surface area contributed by atoms with Crippen LogP contribution in [0.2, 0.25) is 0 Å². The largest absolute Gasteiger partial charge is 0.462 e. The number of carbonyl (C=O) groups excluding carboxylic acids is 1. The number of furan rings is 1. The van der Waals surface area contributed by atoms with Crippen molar-refractivity contribution >= 4 is 33.5 Å². The molecule has 28 heavy (non-hydrogen) atoms. The van der Waals surface area contributed by atoms with Crippen LogP contribution in [0.5, 0.6) is 0 Å². The summed E-state index contributed by atoms with van der Waals surface area (Å²) in [5.41, 5.74) is 0.385. The van der Waals surface area contributed by atoms with Crippen LogP contribution in [0.1, 0.15) is 37.2 Å². The van der Waals surface area contributed by atoms with E-state index >= 15 is 0 Å². The van der Waals surface area contributed by atoms with E-state index in [2.05, 4.69) is 15.0 Å². The van der Waals surface area contributed by atoms with Crippen molar-refractivity contribution in [2.24, 2.45) is 4.99 Å². The van der Waals surface area contributed by atoms with E-state index < -0.39 is 10.0 Å². The van der Waals surface area contributed by atoms with Gasteiger partial charge in [0.25, 0.3) is 10.0 Å². The molecule has 148 valence electrons. The fourth-order valence-electron chi connectivity index (χ4n) is 2.80. The number of benzene rings is 1. The summed E-state index contributed by atoms with van der Waals surface area (Å²) in [6.07, 6.45) is 6.43. The van der Waals surface area contributed by atoms with Gasteiger partial charge in [0, 0.05) is 24.7 Å². The molecule has 1 amide bonds. The first-order valence-electron chi connectivity index (χ1n) is 9.14. The van der Waals surface area contributed by atoms with Crippen LogP contribution in [0.15, 0.2) is 56.8 Å². The molecule has 2 aromatic rings. The van der Waals surface area contributed by atoms with Gasteiger partial charge in [-0.05, 0) is 56.2 Å². The Bertz CT molecular complexity index is 1010. The van der Waals surface area contributed by atoms with Crippen molar-refractivity contribution in [2.45, 2.75) is 37.5 Å². The molecule has 0 aliphatic carbocycles. The first-order chi connectivity index (χ1) is 13.4. The second-order valence-electron chi connectivity index (χ2n) is 6.54. The topological polar surface area (TPSA) is 101 Å². The van der Waals surface area contributed by atoms with E-state index in [4.69, 9.17) is 4.42 Å². The predicted molar refractivity (Wildman–Crippen MR) is 109 cm³/mol. The van der Waals surface area contributed by atoms with E-state index in [1.54, 1.807) is 30.3 Å². The van der Waals surface area contributed by atoms with Crippen LogP contribution in [0.3, 0.4) is 0 Å². The van der Waals surface area contributed by atoms with Crippen molar-refractivity contribution in [3.05, 3.63) is 54.0 Å². The van der Waals surface area contributed by atoms with E-state index in [0.717, 1.165) is 25.0 Å². The Morgan fingerprint density at radius 2 is 2.04 bits per heavy atom. The van der Waals surface area contributed by atoms with Crippen LogP contribution in [0.25, 0.3) is 6.08 Å². The molecule has 0 spiro atoms. The maximum atomic E-state index is 12.6. The maximum absolute atomic E-state index is 12.6. The van der Waals surface area contributed by atoms with Gasteiger partial charge >= 0.3 is 0 Å². The zero-order valence-corrected chi connectivity index (χ0v) is 16.5. The fourth-order valence-corrected chi connectivity index (χ4v) is 3.93. The molecular weight excluding hydrogens is 378 g/mol. The number of sulfonamides is 1. The van der Waals surface area contributed by atoms with Crippen LogP contribution in [0, 0.1) is 6.92 Å². The molecule has 0 bridgehead atoms. The van der Waals surface area contributed by atoms with Gasteiger partial charge in [0.05, 0.1) is 4.90 Å². The molecule has 8 heteroatoms. The van der Waals surface area contributed by atoms with Gasteiger partial charge in [-0.1, -0.05) is 12.5 Å². The van der Waals surface area contributed by atoms with Crippen molar-refractivity contribution in [2.75, 3.05) is 11.9 Å². The zero-order valence-electron chi connectivity index (χ0n) is 15.6. The van der Waals surface area contributed by atoms with E-state index in [1.165, 1.54) is 18.2 Å². The summed E-state index contributed by atoms with van der Waals surface area (Å²) in [6, 6.07) is 9.68. The van der Waals surface area contributed by atoms with Crippen molar-refractivity contribution < 1.29 is 17.6 Å². The highest BCUT2D eigenvalue weighted by molar-refractivity contribution is 7.90. The molecule has 1 aliphatic heterocycles. The molecule has 0 unspecified atom stereocenters. The van der Waals surface area contributed by atoms with Gasteiger partial charge in [-0.3, -0.25) is 14.5 Å². The quantitative estimate of drug-likeness (QED) is 0.749. The number of carbonyl (C=O) groups is 1. The highest BCUT2D eigenvalue weighted by Crippen LogP contribution is 2.17. The molecule has 0 radical (unpaired) electrons. The maximum Gasteiger partial charge on any atom is 0.262 e. The number of nitrogens with zero attached hydrogens (tertiary/aromatic N) is 1. The number of hydrogen-bond acceptors (Lipinski definition) is 5. The normalized spacial score (nSPS) is 15.1. The Balaban J connectivity index is 1.68. The van der Waals surface area contributed by atoms with Gasteiger partial charge in [0.15, 0.2) is 0 Å². The standard InChI is InChI=1S/C20H23N3O4S/c1-15-9-10-17(27-15)11-12-20(24)22-16-6-5-7-18(14-16)28(25,26)23-19-8-3-2-4-13-21-19/h5-7,9-12,14H,2-4,8,13H2,1H3,(H,21,23)(H,22,24)/b12-11+. The van der Waals surface area contributed by atoms with Crippen molar-refractivity contribution in [1.29, 1.82) is 0 Å². The summed E-state index contributed by atoms with van der Waals surface area (Å²) >= 11 is 0. The van der Waals surface area contributed by atoms with Gasteiger partial charge in [0.1, 0.15) is 17.4 Å². The molecular formula is C20H23N3O4S. The molecule has 7 nitrogen and oxygen atoms in total. The number of anilines is 1. The summed E-state index contributed by atoms with van der Waals surface area (Å²) < 4.78 is 33.2. The highest BCUT2D eigenvalue weighted by Gasteiger charge is 2.17. The van der Waals surface area contributed by atoms with Gasteiger partial charge in [-0.2, -0.15) is 0 Å². The van der Waals surface area contributed by atoms with Crippen LogP contribution in [-0.2, 0) is 14.8 Å². The van der Waals surface area contributed by atoms with Crippen LogP contribution in [0.4, 0.5) is 5.69 Å². The second kappa shape index (κ2) is 8.88. The number of nitrogens with one attached hydrogen (secondary N) is 2. The summed E-state index contributed by atoms with van der Waals surface area (Å²) in [4.78, 5) is 16.5. The SMILES string of the molecule is Cc1ccc(/C=C/C(=O)Nc2cccc(S(=O)(=O)NC3=NCCCCC3)c2)o1. The lowest BCUT2D eigenvalue weighted by Gasteiger charge is -2.11. The van der Waals surface area contributed by atoms with Gasteiger partial charge in [-0.25, -0.2) is 8.42 Å². The molecule has 2 heterocycles. The summed E-state index contributed by atoms with van der Waals surface area (Å²) in [6.45, 7) is 2.45. The minimum Gasteiger partial charge on any atom is -0.462 e. The first kappa shape index (κ1) is 19.9. The van der Waals surface area contributed by atoms with Crippen LogP contribution in [-0.4, -0.2) is 26.7 Å². The smallest absolute Gasteiger partial charge is 0.262 e. The van der Waals surface area contributed by atoms with Gasteiger partial charge in [0.2, 0.25) is 5.91 Å². The lowest BCUT2D eigenvalue weighted by molar-refractivity contribution is -0.111. The Morgan fingerprint density at radius 1 is 1.18 bits per heavy atom. The summed E-state index contributed by atoms with van der Waals surface area (Å²) in [5.74, 6) is 1.43. The first-order valence-corrected chi connectivity index (χ1v) is 10.6. The Kier molecular flexibility index (Phi) is 6.30. The van der Waals surface area contributed by atoms with E-state index in [1.807, 2.05) is 6.92 Å². The Hall–Kier alpha value is -2.87. The number of rotatable bonds is 5. The third-order valence-corrected chi connectivity index (χ3v) is 5.58. The van der Waals surface area contributed by atoms with E-state index in [0.29, 0.717) is 30.2 Å². The van der Waals surface area contributed by atoms with Crippen molar-refractivity contribution in [3.8, 4) is 0 Å². The third kappa shape index (κ3) is 5.56. The number of hydrogen-bond donors (Lipinski definition) is 2. The Morgan fingerprint density at radius 3 is 2.82 bits per heavy atom. The molecule has 3 rings (SSSR count). The minimum absolute atomic E-state index is 0.0721. The number of aryl methyl sites for hydroxylation is 1. The third-order valence-electron chi connectivity index (χ3n) is 4.20. The average Bonchev–Trinajstić information content (AvgIpc) is 2.91. The predicted octanol–water partition coefficient (Wildman–Crippen LogP) is 3.49. The lowest BCUT2D eigenvalue weighted by atomic mass is 10.2. The number of amides is 1. The number of amidine groups is 1. The highest BCUT2D eigenvalue weighted by atomic mass is 32.2. The molecule has 0 saturated carbocycles. The summed E-state index contributed by atoms with van der Waals surface area (Å²) in [7, 11) is -3.75.